The van der Waals surface area contributed by atoms with Crippen LogP contribution in [0.15, 0.2) is 96.1 Å². The van der Waals surface area contributed by atoms with Crippen molar-refractivity contribution in [2.45, 2.75) is 26.7 Å². The Balaban J connectivity index is 0.000000438. The van der Waals surface area contributed by atoms with Crippen molar-refractivity contribution < 1.29 is 49.0 Å². The quantitative estimate of drug-likeness (QED) is 0.533. The number of halogens is 2. The molecule has 0 fully saturated rings. The van der Waals surface area contributed by atoms with Gasteiger partial charge >= 0.3 is 99.2 Å². The number of hydrogen-bond donors (Lipinski definition) is 0. The van der Waals surface area contributed by atoms with E-state index in [0.717, 1.165) is 12.8 Å². The van der Waals surface area contributed by atoms with Crippen LogP contribution in [-0.2, 0) is 24.2 Å². The van der Waals surface area contributed by atoms with Crippen LogP contribution >= 0.6 is 0 Å². The van der Waals surface area contributed by atoms with Crippen LogP contribution < -0.4 is 24.8 Å². The Morgan fingerprint density at radius 1 is 0.821 bits per heavy atom. The topological polar surface area (TPSA) is 0 Å². The van der Waals surface area contributed by atoms with Crippen molar-refractivity contribution >= 4 is 3.21 Å². The van der Waals surface area contributed by atoms with Gasteiger partial charge in [-0.25, -0.2) is 23.8 Å². The van der Waals surface area contributed by atoms with E-state index in [2.05, 4.69) is 98.8 Å². The van der Waals surface area contributed by atoms with Crippen molar-refractivity contribution in [2.75, 3.05) is 0 Å². The molecule has 0 N–H and O–H groups in total. The maximum atomic E-state index is 3.12. The van der Waals surface area contributed by atoms with Gasteiger partial charge in [0.1, 0.15) is 0 Å². The summed E-state index contributed by atoms with van der Waals surface area (Å²) in [7, 11) is 0. The first-order valence-corrected chi connectivity index (χ1v) is 10.1. The maximum absolute atomic E-state index is 3.12. The van der Waals surface area contributed by atoms with Gasteiger partial charge in [-0.05, 0) is 0 Å². The van der Waals surface area contributed by atoms with Gasteiger partial charge in [-0.15, -0.1) is 19.8 Å². The summed E-state index contributed by atoms with van der Waals surface area (Å²) in [5, 5.41) is 0. The van der Waals surface area contributed by atoms with Gasteiger partial charge in [0, 0.05) is 0 Å². The van der Waals surface area contributed by atoms with Crippen LogP contribution in [0.4, 0.5) is 0 Å². The first-order chi connectivity index (χ1) is 12.7. The van der Waals surface area contributed by atoms with Gasteiger partial charge in [0.2, 0.25) is 0 Å². The number of rotatable bonds is 2. The van der Waals surface area contributed by atoms with Gasteiger partial charge in [-0.2, -0.15) is 11.6 Å². The summed E-state index contributed by atoms with van der Waals surface area (Å²) in [6, 6.07) is 21.1. The van der Waals surface area contributed by atoms with Gasteiger partial charge < -0.3 is 24.8 Å². The third-order valence-electron chi connectivity index (χ3n) is 4.07. The van der Waals surface area contributed by atoms with Crippen LogP contribution in [0.1, 0.15) is 37.8 Å². The van der Waals surface area contributed by atoms with Gasteiger partial charge in [-0.3, -0.25) is 12.2 Å². The second-order valence-electron chi connectivity index (χ2n) is 6.10. The van der Waals surface area contributed by atoms with E-state index >= 15 is 0 Å². The molecule has 3 heteroatoms. The summed E-state index contributed by atoms with van der Waals surface area (Å²) >= 11 is 1.46. The molecule has 2 aromatic rings. The normalized spacial score (nSPS) is 12.9. The number of allylic oxidation sites excluding steroid dienone is 8. The fourth-order valence-electron chi connectivity index (χ4n) is 2.34. The minimum atomic E-state index is 0. The van der Waals surface area contributed by atoms with Crippen LogP contribution in [0, 0.1) is 12.2 Å². The van der Waals surface area contributed by atoms with Crippen molar-refractivity contribution in [1.29, 1.82) is 0 Å². The van der Waals surface area contributed by atoms with Crippen molar-refractivity contribution in [3.8, 4) is 0 Å². The molecule has 28 heavy (non-hydrogen) atoms. The molecule has 0 spiro atoms. The Morgan fingerprint density at radius 3 is 1.61 bits per heavy atom. The van der Waals surface area contributed by atoms with Crippen molar-refractivity contribution in [1.82, 2.24) is 0 Å². The molecule has 2 aromatic carbocycles. The van der Waals surface area contributed by atoms with E-state index in [-0.39, 0.29) is 24.8 Å². The molecule has 2 aliphatic rings. The standard InChI is InChI=1S/C13H10.C7H9.C5H5.2ClH.Zr/c1-3-7-12(8-4-1)11-13-9-5-2-6-10-13;1-6-4-3-5-7(6)2;1-2-4-5-3-1;;;/h1-10H;4H,5H2,1-2H3;1-3H,4H2;2*1H;/q;2*-1;;;+2/p-2. The van der Waals surface area contributed by atoms with Gasteiger partial charge in [0.05, 0.1) is 0 Å². The van der Waals surface area contributed by atoms with E-state index in [1.807, 2.05) is 12.2 Å². The summed E-state index contributed by atoms with van der Waals surface area (Å²) in [6.45, 7) is 4.27. The molecular formula is C25H24Cl2Zr-2. The second kappa shape index (κ2) is 15.6. The van der Waals surface area contributed by atoms with E-state index in [9.17, 15) is 0 Å². The zero-order chi connectivity index (χ0) is 18.6. The molecule has 0 bridgehead atoms. The summed E-state index contributed by atoms with van der Waals surface area (Å²) in [5.41, 5.74) is 5.51. The van der Waals surface area contributed by atoms with Crippen molar-refractivity contribution in [2.24, 2.45) is 0 Å². The average Bonchev–Trinajstić information content (AvgIpc) is 3.39. The molecule has 0 aliphatic heterocycles. The molecule has 0 amide bonds. The molecule has 4 rings (SSSR count). The van der Waals surface area contributed by atoms with Gasteiger partial charge in [0.15, 0.2) is 0 Å². The van der Waals surface area contributed by atoms with E-state index in [0.29, 0.717) is 0 Å². The molecule has 0 radical (unpaired) electrons. The van der Waals surface area contributed by atoms with Crippen molar-refractivity contribution in [3.05, 3.63) is 119 Å². The molecule has 0 atom stereocenters. The van der Waals surface area contributed by atoms with Crippen LogP contribution in [-0.4, -0.2) is 3.21 Å². The number of benzene rings is 2. The van der Waals surface area contributed by atoms with Crippen LogP contribution in [0.3, 0.4) is 0 Å². The van der Waals surface area contributed by atoms with Crippen molar-refractivity contribution in [3.63, 3.8) is 0 Å². The number of hydrogen-bond acceptors (Lipinski definition) is 0. The van der Waals surface area contributed by atoms with E-state index in [1.54, 1.807) is 0 Å². The van der Waals surface area contributed by atoms with Crippen LogP contribution in [0.5, 0.6) is 0 Å². The van der Waals surface area contributed by atoms with E-state index < -0.39 is 0 Å². The molecule has 0 heterocycles. The zero-order valence-corrected chi connectivity index (χ0v) is 20.2. The molecule has 144 valence electrons. The predicted octanol–water partition coefficient (Wildman–Crippen LogP) is 0.202. The van der Waals surface area contributed by atoms with Gasteiger partial charge in [-0.1, -0.05) is 6.92 Å². The third kappa shape index (κ3) is 9.78. The first kappa shape index (κ1) is 26.7. The molecular weight excluding hydrogens is 462 g/mol. The van der Waals surface area contributed by atoms with E-state index in [4.69, 9.17) is 0 Å². The molecule has 0 saturated heterocycles. The Morgan fingerprint density at radius 2 is 1.36 bits per heavy atom. The first-order valence-electron chi connectivity index (χ1n) is 8.82. The summed E-state index contributed by atoms with van der Waals surface area (Å²) in [5.74, 6) is 0. The molecule has 0 aromatic heterocycles. The Hall–Kier alpha value is -1.27. The third-order valence-corrected chi connectivity index (χ3v) is 5.49. The molecule has 0 unspecified atom stereocenters. The fraction of sp³-hybridized carbons (Fsp3) is 0.160. The Kier molecular flexibility index (Phi) is 14.9. The van der Waals surface area contributed by atoms with E-state index in [1.165, 1.54) is 49.7 Å². The minimum absolute atomic E-state index is 0. The molecule has 0 nitrogen and oxygen atoms in total. The molecule has 0 saturated carbocycles. The predicted molar refractivity (Wildman–Crippen MR) is 108 cm³/mol. The Labute approximate surface area is 197 Å². The summed E-state index contributed by atoms with van der Waals surface area (Å²) in [6.07, 6.45) is 16.2. The summed E-state index contributed by atoms with van der Waals surface area (Å²) in [4.78, 5) is 0. The summed E-state index contributed by atoms with van der Waals surface area (Å²) < 4.78 is 1.42. The van der Waals surface area contributed by atoms with Crippen LogP contribution in [0.2, 0.25) is 0 Å². The van der Waals surface area contributed by atoms with Crippen LogP contribution in [0.25, 0.3) is 0 Å². The average molecular weight is 487 g/mol. The fourth-order valence-corrected chi connectivity index (χ4v) is 3.16. The SMILES string of the molecule is CC1=C(C)C[C-]=C1.[C-]1=CC=CC1.[Cl-].[Cl-].[Zr+2]=[C](c1ccccc1)c1ccccc1. The zero-order valence-electron chi connectivity index (χ0n) is 16.3. The van der Waals surface area contributed by atoms with Gasteiger partial charge in [0.25, 0.3) is 0 Å². The molecule has 2 aliphatic carbocycles. The second-order valence-corrected chi connectivity index (χ2v) is 7.33. The monoisotopic (exact) mass is 484 g/mol. The Bertz CT molecular complexity index is 765.